The number of nitrogens with two attached hydrogens (primary N) is 1. The van der Waals surface area contributed by atoms with Gasteiger partial charge in [0, 0.05) is 5.69 Å². The summed E-state index contributed by atoms with van der Waals surface area (Å²) < 4.78 is 0. The normalized spacial score (nSPS) is 9.50. The summed E-state index contributed by atoms with van der Waals surface area (Å²) in [6.45, 7) is 3.67. The number of aliphatic hydroxyl groups is 1. The van der Waals surface area contributed by atoms with Gasteiger partial charge in [-0.3, -0.25) is 5.84 Å². The smallest absolute Gasteiger partial charge is 0.0681 e. The molecule has 1 aromatic carbocycles. The molecular formula is C9H12N2O. The Labute approximate surface area is 71.5 Å². The van der Waals surface area contributed by atoms with E-state index in [-0.39, 0.29) is 6.61 Å². The Balaban J connectivity index is 2.93. The Kier molecular flexibility index (Phi) is 2.85. The molecule has 0 fully saturated rings. The lowest BCUT2D eigenvalue weighted by Gasteiger charge is -2.04. The second kappa shape index (κ2) is 3.90. The molecule has 0 atom stereocenters. The van der Waals surface area contributed by atoms with E-state index in [1.807, 2.05) is 24.3 Å². The highest BCUT2D eigenvalue weighted by molar-refractivity contribution is 5.67. The lowest BCUT2D eigenvalue weighted by Crippen LogP contribution is -2.06. The fourth-order valence-corrected chi connectivity index (χ4v) is 0.920. The molecule has 4 N–H and O–H groups in total. The van der Waals surface area contributed by atoms with Gasteiger partial charge in [0.05, 0.1) is 6.61 Å². The van der Waals surface area contributed by atoms with Crippen molar-refractivity contribution in [3.63, 3.8) is 0 Å². The Bertz CT molecular complexity index is 284. The van der Waals surface area contributed by atoms with Crippen LogP contribution >= 0.6 is 0 Å². The predicted molar refractivity (Wildman–Crippen MR) is 50.4 cm³/mol. The minimum atomic E-state index is -0.0337. The Hall–Kier alpha value is -1.32. The van der Waals surface area contributed by atoms with Crippen molar-refractivity contribution in [1.29, 1.82) is 0 Å². The van der Waals surface area contributed by atoms with Crippen LogP contribution in [0.15, 0.2) is 30.8 Å². The van der Waals surface area contributed by atoms with Crippen molar-refractivity contribution in [1.82, 2.24) is 0 Å². The van der Waals surface area contributed by atoms with Crippen LogP contribution in [0.25, 0.3) is 5.57 Å². The van der Waals surface area contributed by atoms with Gasteiger partial charge in [-0.15, -0.1) is 0 Å². The van der Waals surface area contributed by atoms with Crippen LogP contribution in [-0.2, 0) is 0 Å². The molecule has 1 rings (SSSR count). The molecule has 0 aliphatic carbocycles. The number of hydrazine groups is 1. The summed E-state index contributed by atoms with van der Waals surface area (Å²) in [5, 5.41) is 8.80. The van der Waals surface area contributed by atoms with Crippen LogP contribution in [0, 0.1) is 0 Å². The van der Waals surface area contributed by atoms with Crippen molar-refractivity contribution in [2.24, 2.45) is 5.84 Å². The lowest BCUT2D eigenvalue weighted by atomic mass is 10.1. The topological polar surface area (TPSA) is 58.3 Å². The molecule has 12 heavy (non-hydrogen) atoms. The van der Waals surface area contributed by atoms with Gasteiger partial charge in [0.25, 0.3) is 0 Å². The first-order valence-corrected chi connectivity index (χ1v) is 3.63. The summed E-state index contributed by atoms with van der Waals surface area (Å²) in [5.74, 6) is 5.22. The van der Waals surface area contributed by atoms with Crippen LogP contribution in [-0.4, -0.2) is 11.7 Å². The van der Waals surface area contributed by atoms with Crippen molar-refractivity contribution in [2.45, 2.75) is 0 Å². The number of nitrogens with one attached hydrogen (secondary N) is 1. The van der Waals surface area contributed by atoms with Crippen molar-refractivity contribution >= 4 is 11.3 Å². The average Bonchev–Trinajstić information content (AvgIpc) is 2.17. The third-order valence-electron chi connectivity index (χ3n) is 1.63. The number of hydrogen-bond acceptors (Lipinski definition) is 3. The van der Waals surface area contributed by atoms with Gasteiger partial charge >= 0.3 is 0 Å². The fraction of sp³-hybridized carbons (Fsp3) is 0.111. The Morgan fingerprint density at radius 3 is 2.92 bits per heavy atom. The highest BCUT2D eigenvalue weighted by Crippen LogP contribution is 2.15. The van der Waals surface area contributed by atoms with Gasteiger partial charge in [-0.1, -0.05) is 18.7 Å². The maximum absolute atomic E-state index is 8.80. The molecule has 3 nitrogen and oxygen atoms in total. The largest absolute Gasteiger partial charge is 0.392 e. The molecule has 0 unspecified atom stereocenters. The molecular weight excluding hydrogens is 152 g/mol. The number of nitrogen functional groups attached to an aromatic ring is 1. The summed E-state index contributed by atoms with van der Waals surface area (Å²) in [6.07, 6.45) is 0. The first-order chi connectivity index (χ1) is 5.77. The zero-order valence-electron chi connectivity index (χ0n) is 6.75. The third-order valence-corrected chi connectivity index (χ3v) is 1.63. The molecule has 0 saturated carbocycles. The Morgan fingerprint density at radius 2 is 2.33 bits per heavy atom. The third kappa shape index (κ3) is 1.84. The average molecular weight is 164 g/mol. The quantitative estimate of drug-likeness (QED) is 0.461. The highest BCUT2D eigenvalue weighted by Gasteiger charge is 1.97. The summed E-state index contributed by atoms with van der Waals surface area (Å²) in [5.41, 5.74) is 4.91. The van der Waals surface area contributed by atoms with E-state index in [9.17, 15) is 0 Å². The molecule has 0 radical (unpaired) electrons. The summed E-state index contributed by atoms with van der Waals surface area (Å²) in [4.78, 5) is 0. The van der Waals surface area contributed by atoms with Gasteiger partial charge in [0.15, 0.2) is 0 Å². The standard InChI is InChI=1S/C9H12N2O/c1-7(6-12)8-3-2-4-9(5-8)11-10/h2-5,11-12H,1,6,10H2. The Morgan fingerprint density at radius 1 is 1.58 bits per heavy atom. The number of anilines is 1. The van der Waals surface area contributed by atoms with E-state index in [0.29, 0.717) is 5.57 Å². The second-order valence-corrected chi connectivity index (χ2v) is 2.49. The molecule has 0 spiro atoms. The number of benzene rings is 1. The predicted octanol–water partition coefficient (Wildman–Crippen LogP) is 0.978. The maximum Gasteiger partial charge on any atom is 0.0681 e. The van der Waals surface area contributed by atoms with Gasteiger partial charge < -0.3 is 10.5 Å². The fourth-order valence-electron chi connectivity index (χ4n) is 0.920. The molecule has 0 aliphatic rings. The van der Waals surface area contributed by atoms with Crippen LogP contribution in [0.5, 0.6) is 0 Å². The van der Waals surface area contributed by atoms with Crippen LogP contribution in [0.2, 0.25) is 0 Å². The molecule has 0 amide bonds. The van der Waals surface area contributed by atoms with Crippen LogP contribution in [0.4, 0.5) is 5.69 Å². The zero-order valence-corrected chi connectivity index (χ0v) is 6.75. The van der Waals surface area contributed by atoms with Crippen LogP contribution in [0.3, 0.4) is 0 Å². The van der Waals surface area contributed by atoms with E-state index in [1.165, 1.54) is 0 Å². The highest BCUT2D eigenvalue weighted by atomic mass is 16.3. The van der Waals surface area contributed by atoms with Gasteiger partial charge in [0.2, 0.25) is 0 Å². The molecule has 0 aliphatic heterocycles. The minimum absolute atomic E-state index is 0.0337. The first kappa shape index (κ1) is 8.77. The van der Waals surface area contributed by atoms with Gasteiger partial charge in [0.1, 0.15) is 0 Å². The monoisotopic (exact) mass is 164 g/mol. The van der Waals surface area contributed by atoms with Gasteiger partial charge in [-0.05, 0) is 23.3 Å². The number of aliphatic hydroxyl groups excluding tert-OH is 1. The molecule has 0 heterocycles. The molecule has 0 aromatic heterocycles. The van der Waals surface area contributed by atoms with Crippen molar-refractivity contribution in [3.8, 4) is 0 Å². The molecule has 3 heteroatoms. The molecule has 1 aromatic rings. The van der Waals surface area contributed by atoms with E-state index < -0.39 is 0 Å². The van der Waals surface area contributed by atoms with Crippen molar-refractivity contribution < 1.29 is 5.11 Å². The van der Waals surface area contributed by atoms with Crippen molar-refractivity contribution in [2.75, 3.05) is 12.0 Å². The number of rotatable bonds is 3. The minimum Gasteiger partial charge on any atom is -0.392 e. The second-order valence-electron chi connectivity index (χ2n) is 2.49. The van der Waals surface area contributed by atoms with Gasteiger partial charge in [-0.25, -0.2) is 0 Å². The van der Waals surface area contributed by atoms with Crippen LogP contribution in [0.1, 0.15) is 5.56 Å². The van der Waals surface area contributed by atoms with E-state index >= 15 is 0 Å². The summed E-state index contributed by atoms with van der Waals surface area (Å²) in [6, 6.07) is 7.40. The SMILES string of the molecule is C=C(CO)c1cccc(NN)c1. The van der Waals surface area contributed by atoms with E-state index in [0.717, 1.165) is 11.3 Å². The summed E-state index contributed by atoms with van der Waals surface area (Å²) in [7, 11) is 0. The van der Waals surface area contributed by atoms with E-state index in [1.54, 1.807) is 0 Å². The first-order valence-electron chi connectivity index (χ1n) is 3.63. The lowest BCUT2D eigenvalue weighted by molar-refractivity contribution is 0.350. The van der Waals surface area contributed by atoms with E-state index in [4.69, 9.17) is 10.9 Å². The molecule has 64 valence electrons. The molecule has 0 bridgehead atoms. The zero-order chi connectivity index (χ0) is 8.97. The van der Waals surface area contributed by atoms with Gasteiger partial charge in [-0.2, -0.15) is 0 Å². The number of hydrogen-bond donors (Lipinski definition) is 3. The summed E-state index contributed by atoms with van der Waals surface area (Å²) >= 11 is 0. The van der Waals surface area contributed by atoms with Crippen LogP contribution < -0.4 is 11.3 Å². The maximum atomic E-state index is 8.80. The van der Waals surface area contributed by atoms with E-state index in [2.05, 4.69) is 12.0 Å². The van der Waals surface area contributed by atoms with Crippen molar-refractivity contribution in [3.05, 3.63) is 36.4 Å². The molecule has 0 saturated heterocycles.